The molecule has 6 heteroatoms. The monoisotopic (exact) mass is 189 g/mol. The van der Waals surface area contributed by atoms with Crippen LogP contribution in [0.25, 0.3) is 0 Å². The summed E-state index contributed by atoms with van der Waals surface area (Å²) in [6.45, 7) is 1.18. The third-order valence-corrected chi connectivity index (χ3v) is 1.29. The Morgan fingerprint density at radius 3 is 2.38 bits per heavy atom. The third-order valence-electron chi connectivity index (χ3n) is 1.29. The molecule has 0 heterocycles. The van der Waals surface area contributed by atoms with Crippen molar-refractivity contribution in [3.63, 3.8) is 0 Å². The lowest BCUT2D eigenvalue weighted by atomic mass is 10.4. The van der Waals surface area contributed by atoms with Crippen LogP contribution < -0.4 is 16.4 Å². The van der Waals surface area contributed by atoms with Crippen molar-refractivity contribution in [3.05, 3.63) is 0 Å². The zero-order chi connectivity index (χ0) is 10.1. The van der Waals surface area contributed by atoms with E-state index in [1.54, 1.807) is 0 Å². The van der Waals surface area contributed by atoms with Crippen LogP contribution in [0, 0.1) is 0 Å². The van der Waals surface area contributed by atoms with Gasteiger partial charge in [-0.15, -0.1) is 0 Å². The van der Waals surface area contributed by atoms with Crippen molar-refractivity contribution in [2.24, 2.45) is 5.73 Å². The molecule has 5 N–H and O–H groups in total. The van der Waals surface area contributed by atoms with E-state index >= 15 is 0 Å². The zero-order valence-corrected chi connectivity index (χ0v) is 7.38. The van der Waals surface area contributed by atoms with Crippen LogP contribution >= 0.6 is 0 Å². The van der Waals surface area contributed by atoms with Gasteiger partial charge in [0.25, 0.3) is 0 Å². The maximum absolute atomic E-state index is 10.8. The Bertz CT molecular complexity index is 172. The highest BCUT2D eigenvalue weighted by Gasteiger charge is 2.00. The summed E-state index contributed by atoms with van der Waals surface area (Å²) in [5.74, 6) is -0.928. The Labute approximate surface area is 76.5 Å². The molecule has 0 aromatic heterocycles. The summed E-state index contributed by atoms with van der Waals surface area (Å²) in [4.78, 5) is 20.9. The summed E-state index contributed by atoms with van der Waals surface area (Å²) < 4.78 is 0. The van der Waals surface area contributed by atoms with E-state index in [0.29, 0.717) is 19.5 Å². The number of rotatable bonds is 6. The number of hydrogen-bond acceptors (Lipinski definition) is 3. The van der Waals surface area contributed by atoms with Crippen LogP contribution in [0.2, 0.25) is 0 Å². The zero-order valence-electron chi connectivity index (χ0n) is 7.38. The fourth-order valence-electron chi connectivity index (χ4n) is 0.649. The van der Waals surface area contributed by atoms with E-state index in [1.807, 2.05) is 0 Å². The van der Waals surface area contributed by atoms with Gasteiger partial charge in [0.1, 0.15) is 0 Å². The van der Waals surface area contributed by atoms with E-state index in [4.69, 9.17) is 10.8 Å². The molecule has 0 radical (unpaired) electrons. The summed E-state index contributed by atoms with van der Waals surface area (Å²) in [5.41, 5.74) is 5.21. The fourth-order valence-corrected chi connectivity index (χ4v) is 0.649. The molecule has 0 saturated heterocycles. The molecule has 13 heavy (non-hydrogen) atoms. The van der Waals surface area contributed by atoms with Gasteiger partial charge in [0.05, 0.1) is 6.42 Å². The number of carboxylic acids is 1. The number of nitrogens with one attached hydrogen (secondary N) is 2. The van der Waals surface area contributed by atoms with Gasteiger partial charge in [-0.3, -0.25) is 4.79 Å². The number of carbonyl (C=O) groups excluding carboxylic acids is 1. The number of nitrogens with two attached hydrogens (primary N) is 1. The largest absolute Gasteiger partial charge is 0.481 e. The van der Waals surface area contributed by atoms with E-state index in [-0.39, 0.29) is 19.0 Å². The Morgan fingerprint density at radius 2 is 1.85 bits per heavy atom. The fraction of sp³-hybridized carbons (Fsp3) is 0.714. The van der Waals surface area contributed by atoms with E-state index < -0.39 is 5.97 Å². The van der Waals surface area contributed by atoms with Gasteiger partial charge >= 0.3 is 12.0 Å². The highest BCUT2D eigenvalue weighted by molar-refractivity contribution is 5.74. The summed E-state index contributed by atoms with van der Waals surface area (Å²) in [6, 6.07) is -0.352. The second kappa shape index (κ2) is 7.35. The van der Waals surface area contributed by atoms with Crippen molar-refractivity contribution >= 4 is 12.0 Å². The molecular weight excluding hydrogens is 174 g/mol. The molecule has 0 unspecified atom stereocenters. The Kier molecular flexibility index (Phi) is 6.62. The first-order chi connectivity index (χ1) is 6.16. The maximum atomic E-state index is 10.8. The van der Waals surface area contributed by atoms with Crippen molar-refractivity contribution < 1.29 is 14.7 Å². The summed E-state index contributed by atoms with van der Waals surface area (Å²) in [5, 5.41) is 13.2. The number of carboxylic acid groups (broad SMARTS) is 1. The number of amides is 2. The smallest absolute Gasteiger partial charge is 0.314 e. The molecule has 76 valence electrons. The van der Waals surface area contributed by atoms with E-state index in [9.17, 15) is 9.59 Å². The molecule has 0 rings (SSSR count). The summed E-state index contributed by atoms with van der Waals surface area (Å²) in [7, 11) is 0. The maximum Gasteiger partial charge on any atom is 0.314 e. The lowest BCUT2D eigenvalue weighted by Gasteiger charge is -2.04. The molecular formula is C7H15N3O3. The standard InChI is InChI=1S/C7H15N3O3/c8-3-1-4-9-7(13)10-5-2-6(11)12/h1-5,8H2,(H,11,12)(H2,9,10,13). The number of aliphatic carboxylic acids is 1. The van der Waals surface area contributed by atoms with Gasteiger partial charge < -0.3 is 21.5 Å². The van der Waals surface area contributed by atoms with E-state index in [1.165, 1.54) is 0 Å². The SMILES string of the molecule is NCCCNC(=O)NCCC(=O)O. The van der Waals surface area contributed by atoms with Gasteiger partial charge in [0, 0.05) is 13.1 Å². The predicted octanol–water partition coefficient (Wildman–Crippen LogP) is -0.891. The minimum atomic E-state index is -0.928. The van der Waals surface area contributed by atoms with E-state index in [0.717, 1.165) is 0 Å². The van der Waals surface area contributed by atoms with Crippen molar-refractivity contribution in [2.75, 3.05) is 19.6 Å². The molecule has 0 fully saturated rings. The van der Waals surface area contributed by atoms with Gasteiger partial charge in [0.15, 0.2) is 0 Å². The normalized spacial score (nSPS) is 9.31. The van der Waals surface area contributed by atoms with Crippen LogP contribution in [-0.2, 0) is 4.79 Å². The van der Waals surface area contributed by atoms with Gasteiger partial charge in [-0.1, -0.05) is 0 Å². The van der Waals surface area contributed by atoms with Crippen LogP contribution in [-0.4, -0.2) is 36.7 Å². The van der Waals surface area contributed by atoms with Crippen molar-refractivity contribution in [3.8, 4) is 0 Å². The summed E-state index contributed by atoms with van der Waals surface area (Å²) >= 11 is 0. The molecule has 0 aliphatic heterocycles. The second-order valence-electron chi connectivity index (χ2n) is 2.47. The molecule has 0 saturated carbocycles. The average molecular weight is 189 g/mol. The quantitative estimate of drug-likeness (QED) is 0.407. The molecule has 2 amide bonds. The Morgan fingerprint density at radius 1 is 1.23 bits per heavy atom. The first-order valence-electron chi connectivity index (χ1n) is 4.10. The lowest BCUT2D eigenvalue weighted by Crippen LogP contribution is -2.37. The predicted molar refractivity (Wildman–Crippen MR) is 47.3 cm³/mol. The van der Waals surface area contributed by atoms with Crippen LogP contribution in [0.5, 0.6) is 0 Å². The first kappa shape index (κ1) is 11.7. The summed E-state index contributed by atoms with van der Waals surface area (Å²) in [6.07, 6.45) is 0.649. The van der Waals surface area contributed by atoms with E-state index in [2.05, 4.69) is 10.6 Å². The lowest BCUT2D eigenvalue weighted by molar-refractivity contribution is -0.136. The minimum absolute atomic E-state index is 0.0652. The van der Waals surface area contributed by atoms with Crippen molar-refractivity contribution in [2.45, 2.75) is 12.8 Å². The highest BCUT2D eigenvalue weighted by Crippen LogP contribution is 1.76. The molecule has 0 aromatic rings. The van der Waals surface area contributed by atoms with Gasteiger partial charge in [-0.05, 0) is 13.0 Å². The van der Waals surface area contributed by atoms with Crippen molar-refractivity contribution in [1.82, 2.24) is 10.6 Å². The third kappa shape index (κ3) is 8.61. The molecule has 0 atom stereocenters. The Hall–Kier alpha value is -1.30. The number of hydrogen-bond donors (Lipinski definition) is 4. The highest BCUT2D eigenvalue weighted by atomic mass is 16.4. The van der Waals surface area contributed by atoms with Gasteiger partial charge in [-0.2, -0.15) is 0 Å². The topological polar surface area (TPSA) is 104 Å². The molecule has 6 nitrogen and oxygen atoms in total. The number of urea groups is 1. The number of carbonyl (C=O) groups is 2. The molecule has 0 spiro atoms. The van der Waals surface area contributed by atoms with Gasteiger partial charge in [-0.25, -0.2) is 4.79 Å². The molecule has 0 aromatic carbocycles. The van der Waals surface area contributed by atoms with Crippen LogP contribution in [0.15, 0.2) is 0 Å². The minimum Gasteiger partial charge on any atom is -0.481 e. The molecule has 0 bridgehead atoms. The van der Waals surface area contributed by atoms with Crippen LogP contribution in [0.3, 0.4) is 0 Å². The average Bonchev–Trinajstić information content (AvgIpc) is 2.04. The molecule has 0 aliphatic carbocycles. The second-order valence-corrected chi connectivity index (χ2v) is 2.47. The van der Waals surface area contributed by atoms with Gasteiger partial charge in [0.2, 0.25) is 0 Å². The first-order valence-corrected chi connectivity index (χ1v) is 4.10. The van der Waals surface area contributed by atoms with Crippen molar-refractivity contribution in [1.29, 1.82) is 0 Å². The Balaban J connectivity index is 3.25. The van der Waals surface area contributed by atoms with Crippen LogP contribution in [0.1, 0.15) is 12.8 Å². The van der Waals surface area contributed by atoms with Crippen LogP contribution in [0.4, 0.5) is 4.79 Å². The molecule has 0 aliphatic rings.